The lowest BCUT2D eigenvalue weighted by Gasteiger charge is -2.14. The minimum absolute atomic E-state index is 0.527. The van der Waals surface area contributed by atoms with Crippen LogP contribution in [-0.2, 0) is 0 Å². The van der Waals surface area contributed by atoms with Crippen molar-refractivity contribution in [2.24, 2.45) is 0 Å². The predicted molar refractivity (Wildman–Crippen MR) is 103 cm³/mol. The molecule has 1 nitrogen and oxygen atoms in total. The van der Waals surface area contributed by atoms with Crippen LogP contribution in [0.15, 0.2) is 66.9 Å². The highest BCUT2D eigenvalue weighted by atomic mass is 14.7. The van der Waals surface area contributed by atoms with Crippen LogP contribution in [0.25, 0.3) is 22.4 Å². The smallest absolute Gasteiger partial charge is 0.0702 e. The molecule has 0 saturated heterocycles. The van der Waals surface area contributed by atoms with Gasteiger partial charge in [0.2, 0.25) is 0 Å². The van der Waals surface area contributed by atoms with E-state index in [-0.39, 0.29) is 0 Å². The molecule has 1 heterocycles. The van der Waals surface area contributed by atoms with E-state index in [1.54, 1.807) is 0 Å². The molecule has 0 bridgehead atoms. The topological polar surface area (TPSA) is 12.9 Å². The predicted octanol–water partition coefficient (Wildman–Crippen LogP) is 6.66. The summed E-state index contributed by atoms with van der Waals surface area (Å²) in [6.45, 7) is 9.00. The summed E-state index contributed by atoms with van der Waals surface area (Å²) in [6, 6.07) is 21.5. The summed E-state index contributed by atoms with van der Waals surface area (Å²) in [5.41, 5.74) is 7.40. The minimum Gasteiger partial charge on any atom is -0.256 e. The molecular weight excluding hydrogens is 290 g/mol. The molecule has 1 aromatic heterocycles. The molecule has 2 aromatic carbocycles. The third-order valence-electron chi connectivity index (χ3n) is 4.48. The standard InChI is InChI=1S/C23H25N/c1-16(2)20-12-21(17(3)4)14-22(13-20)19-10-11-23(24-15-19)18-8-6-5-7-9-18/h5-17H,1-4H3. The van der Waals surface area contributed by atoms with Crippen molar-refractivity contribution in [1.29, 1.82) is 0 Å². The fourth-order valence-corrected chi connectivity index (χ4v) is 2.85. The van der Waals surface area contributed by atoms with E-state index in [0.717, 1.165) is 11.3 Å². The highest BCUT2D eigenvalue weighted by Gasteiger charge is 2.09. The third-order valence-corrected chi connectivity index (χ3v) is 4.48. The lowest BCUT2D eigenvalue weighted by Crippen LogP contribution is -1.95. The maximum Gasteiger partial charge on any atom is 0.0702 e. The largest absolute Gasteiger partial charge is 0.256 e. The molecule has 122 valence electrons. The molecule has 0 fully saturated rings. The van der Waals surface area contributed by atoms with Gasteiger partial charge in [0, 0.05) is 17.3 Å². The van der Waals surface area contributed by atoms with Gasteiger partial charge in [0.1, 0.15) is 0 Å². The molecule has 0 spiro atoms. The Morgan fingerprint density at radius 3 is 1.75 bits per heavy atom. The summed E-state index contributed by atoms with van der Waals surface area (Å²) in [7, 11) is 0. The van der Waals surface area contributed by atoms with Gasteiger partial charge in [0.15, 0.2) is 0 Å². The van der Waals surface area contributed by atoms with Gasteiger partial charge in [-0.15, -0.1) is 0 Å². The number of benzene rings is 2. The Kier molecular flexibility index (Phi) is 4.80. The number of rotatable bonds is 4. The van der Waals surface area contributed by atoms with E-state index in [1.165, 1.54) is 22.3 Å². The molecule has 1 heteroatoms. The number of hydrogen-bond donors (Lipinski definition) is 0. The highest BCUT2D eigenvalue weighted by Crippen LogP contribution is 2.29. The minimum atomic E-state index is 0.527. The van der Waals surface area contributed by atoms with Crippen molar-refractivity contribution in [1.82, 2.24) is 4.98 Å². The van der Waals surface area contributed by atoms with Gasteiger partial charge in [0.05, 0.1) is 5.69 Å². The third kappa shape index (κ3) is 3.56. The Balaban J connectivity index is 1.99. The molecule has 0 atom stereocenters. The van der Waals surface area contributed by atoms with Gasteiger partial charge in [0.25, 0.3) is 0 Å². The Labute approximate surface area is 145 Å². The summed E-state index contributed by atoms with van der Waals surface area (Å²) in [4.78, 5) is 4.67. The van der Waals surface area contributed by atoms with Crippen molar-refractivity contribution in [3.05, 3.63) is 78.0 Å². The SMILES string of the molecule is CC(C)c1cc(-c2ccc(-c3ccccc3)nc2)cc(C(C)C)c1. The second-order valence-corrected chi connectivity index (χ2v) is 7.00. The zero-order chi connectivity index (χ0) is 17.1. The maximum atomic E-state index is 4.67. The lowest BCUT2D eigenvalue weighted by molar-refractivity contribution is 0.834. The number of pyridine rings is 1. The van der Waals surface area contributed by atoms with Crippen molar-refractivity contribution < 1.29 is 0 Å². The summed E-state index contributed by atoms with van der Waals surface area (Å²) in [6.07, 6.45) is 1.99. The van der Waals surface area contributed by atoms with Gasteiger partial charge in [-0.3, -0.25) is 4.98 Å². The van der Waals surface area contributed by atoms with Gasteiger partial charge in [-0.05, 0) is 34.6 Å². The van der Waals surface area contributed by atoms with Crippen LogP contribution in [-0.4, -0.2) is 4.98 Å². The molecule has 0 aliphatic heterocycles. The maximum absolute atomic E-state index is 4.67. The first-order chi connectivity index (χ1) is 11.5. The molecule has 0 aliphatic rings. The van der Waals surface area contributed by atoms with E-state index in [9.17, 15) is 0 Å². The zero-order valence-electron chi connectivity index (χ0n) is 15.0. The van der Waals surface area contributed by atoms with Crippen molar-refractivity contribution in [2.75, 3.05) is 0 Å². The van der Waals surface area contributed by atoms with E-state index < -0.39 is 0 Å². The average molecular weight is 315 g/mol. The van der Waals surface area contributed by atoms with Crippen LogP contribution in [0.4, 0.5) is 0 Å². The fraction of sp³-hybridized carbons (Fsp3) is 0.261. The van der Waals surface area contributed by atoms with Gasteiger partial charge in [-0.25, -0.2) is 0 Å². The van der Waals surface area contributed by atoms with Gasteiger partial charge in [-0.2, -0.15) is 0 Å². The van der Waals surface area contributed by atoms with Crippen LogP contribution >= 0.6 is 0 Å². The number of nitrogens with zero attached hydrogens (tertiary/aromatic N) is 1. The molecule has 0 amide bonds. The van der Waals surface area contributed by atoms with Crippen molar-refractivity contribution in [3.63, 3.8) is 0 Å². The fourth-order valence-electron chi connectivity index (χ4n) is 2.85. The van der Waals surface area contributed by atoms with Crippen LogP contribution in [0.3, 0.4) is 0 Å². The van der Waals surface area contributed by atoms with Gasteiger partial charge < -0.3 is 0 Å². The summed E-state index contributed by atoms with van der Waals surface area (Å²) in [5, 5.41) is 0. The molecule has 24 heavy (non-hydrogen) atoms. The number of hydrogen-bond acceptors (Lipinski definition) is 1. The molecule has 0 N–H and O–H groups in total. The lowest BCUT2D eigenvalue weighted by atomic mass is 9.91. The van der Waals surface area contributed by atoms with Crippen LogP contribution in [0.2, 0.25) is 0 Å². The molecule has 3 aromatic rings. The Morgan fingerprint density at radius 1 is 0.625 bits per heavy atom. The number of aromatic nitrogens is 1. The first kappa shape index (κ1) is 16.4. The molecule has 0 saturated carbocycles. The second-order valence-electron chi connectivity index (χ2n) is 7.00. The Bertz CT molecular complexity index is 773. The van der Waals surface area contributed by atoms with E-state index >= 15 is 0 Å². The highest BCUT2D eigenvalue weighted by molar-refractivity contribution is 5.68. The summed E-state index contributed by atoms with van der Waals surface area (Å²) in [5.74, 6) is 1.05. The molecular formula is C23H25N. The average Bonchev–Trinajstić information content (AvgIpc) is 2.62. The van der Waals surface area contributed by atoms with Crippen molar-refractivity contribution in [3.8, 4) is 22.4 Å². The zero-order valence-corrected chi connectivity index (χ0v) is 15.0. The molecule has 0 unspecified atom stereocenters. The monoisotopic (exact) mass is 315 g/mol. The van der Waals surface area contributed by atoms with Gasteiger partial charge >= 0.3 is 0 Å². The normalized spacial score (nSPS) is 11.2. The quantitative estimate of drug-likeness (QED) is 0.524. The summed E-state index contributed by atoms with van der Waals surface area (Å²) < 4.78 is 0. The van der Waals surface area contributed by atoms with Crippen molar-refractivity contribution in [2.45, 2.75) is 39.5 Å². The van der Waals surface area contributed by atoms with Crippen molar-refractivity contribution >= 4 is 0 Å². The van der Waals surface area contributed by atoms with E-state index in [4.69, 9.17) is 0 Å². The van der Waals surface area contributed by atoms with E-state index in [0.29, 0.717) is 11.8 Å². The second kappa shape index (κ2) is 7.00. The van der Waals surface area contributed by atoms with E-state index in [2.05, 4.69) is 75.1 Å². The Morgan fingerprint density at radius 2 is 1.25 bits per heavy atom. The van der Waals surface area contributed by atoms with Crippen LogP contribution in [0.5, 0.6) is 0 Å². The first-order valence-electron chi connectivity index (χ1n) is 8.71. The van der Waals surface area contributed by atoms with Gasteiger partial charge in [-0.1, -0.05) is 82.3 Å². The summed E-state index contributed by atoms with van der Waals surface area (Å²) >= 11 is 0. The van der Waals surface area contributed by atoms with Crippen LogP contribution < -0.4 is 0 Å². The van der Waals surface area contributed by atoms with E-state index in [1.807, 2.05) is 24.4 Å². The Hall–Kier alpha value is -2.41. The molecule has 3 rings (SSSR count). The van der Waals surface area contributed by atoms with Crippen LogP contribution in [0.1, 0.15) is 50.7 Å². The molecule has 0 aliphatic carbocycles. The molecule has 0 radical (unpaired) electrons. The van der Waals surface area contributed by atoms with Crippen LogP contribution in [0, 0.1) is 0 Å². The first-order valence-corrected chi connectivity index (χ1v) is 8.71.